The van der Waals surface area contributed by atoms with Crippen LogP contribution in [-0.2, 0) is 19.6 Å². The summed E-state index contributed by atoms with van der Waals surface area (Å²) in [7, 11) is -4.07. The zero-order valence-corrected chi connectivity index (χ0v) is 19.0. The van der Waals surface area contributed by atoms with Crippen LogP contribution in [-0.4, -0.2) is 68.3 Å². The quantitative estimate of drug-likeness (QED) is 0.708. The molecule has 0 bridgehead atoms. The van der Waals surface area contributed by atoms with E-state index in [-0.39, 0.29) is 37.9 Å². The van der Waals surface area contributed by atoms with Crippen molar-refractivity contribution in [2.45, 2.75) is 30.2 Å². The standard InChI is InChI=1S/C21H24FN3O5S2/c22-16-7-6-15(14-19(16)32(28,29)24-9-11-30-12-10-24)23-20(26)17-4-1-2-8-25(17)21(27)18-5-3-13-31-18/h3,5-7,13-14,17H,1-2,4,8-12H2,(H,23,26)/t17-/m1/s1. The maximum Gasteiger partial charge on any atom is 0.264 e. The lowest BCUT2D eigenvalue weighted by molar-refractivity contribution is -0.121. The van der Waals surface area contributed by atoms with E-state index in [0.29, 0.717) is 17.8 Å². The number of sulfonamides is 1. The van der Waals surface area contributed by atoms with E-state index in [4.69, 9.17) is 4.74 Å². The number of hydrogen-bond acceptors (Lipinski definition) is 6. The van der Waals surface area contributed by atoms with Crippen molar-refractivity contribution in [2.75, 3.05) is 38.2 Å². The molecule has 1 aromatic carbocycles. The first-order valence-corrected chi connectivity index (χ1v) is 12.7. The first-order chi connectivity index (χ1) is 15.4. The van der Waals surface area contributed by atoms with Gasteiger partial charge in [-0.15, -0.1) is 11.3 Å². The van der Waals surface area contributed by atoms with Crippen LogP contribution in [0.3, 0.4) is 0 Å². The van der Waals surface area contributed by atoms with Crippen molar-refractivity contribution in [1.82, 2.24) is 9.21 Å². The van der Waals surface area contributed by atoms with Gasteiger partial charge in [-0.3, -0.25) is 9.59 Å². The molecular formula is C21H24FN3O5S2. The lowest BCUT2D eigenvalue weighted by Gasteiger charge is -2.34. The Kier molecular flexibility index (Phi) is 6.89. The Labute approximate surface area is 190 Å². The summed E-state index contributed by atoms with van der Waals surface area (Å²) in [5.74, 6) is -1.51. The summed E-state index contributed by atoms with van der Waals surface area (Å²) in [5, 5.41) is 4.49. The first kappa shape index (κ1) is 22.8. The van der Waals surface area contributed by atoms with Gasteiger partial charge in [-0.1, -0.05) is 6.07 Å². The largest absolute Gasteiger partial charge is 0.379 e. The zero-order valence-electron chi connectivity index (χ0n) is 17.3. The molecule has 11 heteroatoms. The van der Waals surface area contributed by atoms with Crippen molar-refractivity contribution in [3.8, 4) is 0 Å². The SMILES string of the molecule is O=C(Nc1ccc(F)c(S(=O)(=O)N2CCOCC2)c1)[C@H]1CCCCN1C(=O)c1cccs1. The highest BCUT2D eigenvalue weighted by atomic mass is 32.2. The highest BCUT2D eigenvalue weighted by molar-refractivity contribution is 7.89. The third-order valence-electron chi connectivity index (χ3n) is 5.58. The number of halogens is 1. The number of anilines is 1. The molecule has 8 nitrogen and oxygen atoms in total. The first-order valence-electron chi connectivity index (χ1n) is 10.4. The Hall–Kier alpha value is -2.34. The number of thiophene rings is 1. The summed E-state index contributed by atoms with van der Waals surface area (Å²) < 4.78 is 46.6. The molecule has 0 aliphatic carbocycles. The average molecular weight is 482 g/mol. The van der Waals surface area contributed by atoms with Crippen LogP contribution in [0, 0.1) is 5.82 Å². The van der Waals surface area contributed by atoms with Crippen LogP contribution in [0.1, 0.15) is 28.9 Å². The van der Waals surface area contributed by atoms with Crippen LogP contribution in [0.15, 0.2) is 40.6 Å². The molecule has 0 radical (unpaired) electrons. The van der Waals surface area contributed by atoms with Gasteiger partial charge in [0.15, 0.2) is 0 Å². The lowest BCUT2D eigenvalue weighted by atomic mass is 10.0. The smallest absolute Gasteiger partial charge is 0.264 e. The minimum Gasteiger partial charge on any atom is -0.379 e. The fourth-order valence-corrected chi connectivity index (χ4v) is 6.10. The number of ether oxygens (including phenoxy) is 1. The highest BCUT2D eigenvalue weighted by Gasteiger charge is 2.34. The van der Waals surface area contributed by atoms with E-state index < -0.39 is 32.7 Å². The number of piperidine rings is 1. The van der Waals surface area contributed by atoms with E-state index in [9.17, 15) is 22.4 Å². The predicted molar refractivity (Wildman–Crippen MR) is 118 cm³/mol. The second-order valence-electron chi connectivity index (χ2n) is 7.64. The Balaban J connectivity index is 1.54. The number of nitrogens with zero attached hydrogens (tertiary/aromatic N) is 2. The molecule has 1 N–H and O–H groups in total. The molecule has 1 aromatic heterocycles. The molecule has 2 saturated heterocycles. The summed E-state index contributed by atoms with van der Waals surface area (Å²) in [4.78, 5) is 27.5. The number of carbonyl (C=O) groups excluding carboxylic acids is 2. The van der Waals surface area contributed by atoms with Gasteiger partial charge in [0.05, 0.1) is 18.1 Å². The number of benzene rings is 1. The second kappa shape index (κ2) is 9.65. The van der Waals surface area contributed by atoms with Crippen molar-refractivity contribution >= 4 is 38.9 Å². The van der Waals surface area contributed by atoms with Crippen molar-refractivity contribution in [2.24, 2.45) is 0 Å². The van der Waals surface area contributed by atoms with E-state index in [1.165, 1.54) is 21.7 Å². The Morgan fingerprint density at radius 2 is 1.91 bits per heavy atom. The lowest BCUT2D eigenvalue weighted by Crippen LogP contribution is -2.49. The van der Waals surface area contributed by atoms with Crippen molar-refractivity contribution in [3.63, 3.8) is 0 Å². The van der Waals surface area contributed by atoms with Crippen LogP contribution in [0.4, 0.5) is 10.1 Å². The maximum atomic E-state index is 14.4. The van der Waals surface area contributed by atoms with Gasteiger partial charge >= 0.3 is 0 Å². The Morgan fingerprint density at radius 1 is 1.12 bits per heavy atom. The topological polar surface area (TPSA) is 96.0 Å². The van der Waals surface area contributed by atoms with Crippen LogP contribution in [0.25, 0.3) is 0 Å². The third kappa shape index (κ3) is 4.70. The van der Waals surface area contributed by atoms with Crippen molar-refractivity contribution in [1.29, 1.82) is 0 Å². The molecule has 2 aromatic rings. The summed E-state index contributed by atoms with van der Waals surface area (Å²) in [6, 6.07) is 6.30. The molecule has 2 amide bonds. The molecule has 32 heavy (non-hydrogen) atoms. The van der Waals surface area contributed by atoms with Gasteiger partial charge in [-0.2, -0.15) is 4.31 Å². The zero-order chi connectivity index (χ0) is 22.7. The van der Waals surface area contributed by atoms with E-state index in [1.54, 1.807) is 22.4 Å². The van der Waals surface area contributed by atoms with Gasteiger partial charge in [0.1, 0.15) is 16.8 Å². The van der Waals surface area contributed by atoms with Crippen LogP contribution in [0.5, 0.6) is 0 Å². The molecule has 1 atom stereocenters. The molecule has 4 rings (SSSR count). The van der Waals surface area contributed by atoms with E-state index in [2.05, 4.69) is 5.32 Å². The average Bonchev–Trinajstić information content (AvgIpc) is 3.35. The molecule has 2 fully saturated rings. The maximum absolute atomic E-state index is 14.4. The molecule has 0 spiro atoms. The number of amides is 2. The summed E-state index contributed by atoms with van der Waals surface area (Å²) in [6.45, 7) is 1.23. The molecule has 2 aliphatic rings. The Bertz CT molecular complexity index is 1080. The van der Waals surface area contributed by atoms with Gasteiger partial charge in [0.25, 0.3) is 5.91 Å². The van der Waals surface area contributed by atoms with Gasteiger partial charge in [0, 0.05) is 25.3 Å². The van der Waals surface area contributed by atoms with E-state index in [0.717, 1.165) is 25.0 Å². The van der Waals surface area contributed by atoms with Crippen LogP contribution in [0.2, 0.25) is 0 Å². The molecular weight excluding hydrogens is 457 g/mol. The highest BCUT2D eigenvalue weighted by Crippen LogP contribution is 2.26. The fourth-order valence-electron chi connectivity index (χ4n) is 3.92. The normalized spacial score (nSPS) is 20.2. The second-order valence-corrected chi connectivity index (χ2v) is 10.5. The number of carbonyl (C=O) groups is 2. The monoisotopic (exact) mass is 481 g/mol. The molecule has 3 heterocycles. The molecule has 2 aliphatic heterocycles. The van der Waals surface area contributed by atoms with Gasteiger partial charge in [-0.25, -0.2) is 12.8 Å². The number of likely N-dealkylation sites (tertiary alicyclic amines) is 1. The van der Waals surface area contributed by atoms with Crippen LogP contribution >= 0.6 is 11.3 Å². The fraction of sp³-hybridized carbons (Fsp3) is 0.429. The molecule has 0 unspecified atom stereocenters. The van der Waals surface area contributed by atoms with Gasteiger partial charge in [-0.05, 0) is 48.9 Å². The molecule has 0 saturated carbocycles. The van der Waals surface area contributed by atoms with E-state index >= 15 is 0 Å². The minimum atomic E-state index is -4.07. The van der Waals surface area contributed by atoms with Gasteiger partial charge in [0.2, 0.25) is 15.9 Å². The summed E-state index contributed by atoms with van der Waals surface area (Å²) in [6.07, 6.45) is 2.11. The number of rotatable bonds is 5. The summed E-state index contributed by atoms with van der Waals surface area (Å²) in [5.41, 5.74) is 0.164. The van der Waals surface area contributed by atoms with Crippen LogP contribution < -0.4 is 5.32 Å². The number of hydrogen-bond donors (Lipinski definition) is 1. The van der Waals surface area contributed by atoms with Crippen molar-refractivity contribution in [3.05, 3.63) is 46.4 Å². The Morgan fingerprint density at radius 3 is 2.62 bits per heavy atom. The number of morpholine rings is 1. The van der Waals surface area contributed by atoms with E-state index in [1.807, 2.05) is 0 Å². The predicted octanol–water partition coefficient (Wildman–Crippen LogP) is 2.54. The molecule has 172 valence electrons. The third-order valence-corrected chi connectivity index (χ3v) is 8.36. The number of nitrogens with one attached hydrogen (secondary N) is 1. The van der Waals surface area contributed by atoms with Gasteiger partial charge < -0.3 is 15.0 Å². The minimum absolute atomic E-state index is 0.139. The summed E-state index contributed by atoms with van der Waals surface area (Å²) >= 11 is 1.32. The van der Waals surface area contributed by atoms with Crippen molar-refractivity contribution < 1.29 is 27.1 Å².